The average Bonchev–Trinajstić information content (AvgIpc) is 3.01. The van der Waals surface area contributed by atoms with Gasteiger partial charge in [0.05, 0.1) is 0 Å². The van der Waals surface area contributed by atoms with Crippen LogP contribution in [0.1, 0.15) is 25.5 Å². The third-order valence-corrected chi connectivity index (χ3v) is 6.15. The van der Waals surface area contributed by atoms with Crippen molar-refractivity contribution in [2.75, 3.05) is 13.1 Å². The fraction of sp³-hybridized carbons (Fsp3) is 0.375. The molecule has 1 aliphatic rings. The monoisotopic (exact) mass is 365 g/mol. The number of piperidine rings is 1. The molecule has 0 atom stereocenters. The Morgan fingerprint density at radius 1 is 1.29 bits per heavy atom. The van der Waals surface area contributed by atoms with E-state index in [1.54, 1.807) is 24.3 Å². The van der Waals surface area contributed by atoms with Crippen LogP contribution in [0.4, 0.5) is 0 Å². The fourth-order valence-corrected chi connectivity index (χ4v) is 4.18. The lowest BCUT2D eigenvalue weighted by atomic mass is 10.0. The first-order valence-electron chi connectivity index (χ1n) is 7.59. The predicted octanol–water partition coefficient (Wildman–Crippen LogP) is 3.29. The van der Waals surface area contributed by atoms with Crippen LogP contribution >= 0.6 is 11.6 Å². The number of nitriles is 1. The minimum absolute atomic E-state index is 0.0900. The third kappa shape index (κ3) is 3.18. The zero-order valence-electron chi connectivity index (χ0n) is 13.1. The van der Waals surface area contributed by atoms with Crippen molar-refractivity contribution in [3.05, 3.63) is 35.0 Å². The summed E-state index contributed by atoms with van der Waals surface area (Å²) in [6, 6.07) is 8.43. The summed E-state index contributed by atoms with van der Waals surface area (Å²) in [5.41, 5.74) is 0.336. The Morgan fingerprint density at radius 3 is 2.50 bits per heavy atom. The molecule has 0 unspecified atom stereocenters. The first kappa shape index (κ1) is 17.0. The van der Waals surface area contributed by atoms with Crippen molar-refractivity contribution in [1.82, 2.24) is 9.29 Å². The molecule has 8 heteroatoms. The normalized spacial score (nSPS) is 16.9. The Balaban J connectivity index is 1.98. The van der Waals surface area contributed by atoms with Crippen molar-refractivity contribution in [2.24, 2.45) is 5.92 Å². The number of rotatable bonds is 3. The summed E-state index contributed by atoms with van der Waals surface area (Å²) in [6.45, 7) is 2.94. The van der Waals surface area contributed by atoms with Gasteiger partial charge in [-0.05, 0) is 43.0 Å². The molecule has 1 aromatic heterocycles. The second-order valence-corrected chi connectivity index (χ2v) is 8.13. The Labute approximate surface area is 145 Å². The molecule has 0 saturated carbocycles. The number of nitrogens with zero attached hydrogens (tertiary/aromatic N) is 3. The maximum atomic E-state index is 12.8. The summed E-state index contributed by atoms with van der Waals surface area (Å²) < 4.78 is 32.4. The molecule has 6 nitrogen and oxygen atoms in total. The second-order valence-electron chi connectivity index (χ2n) is 5.86. The van der Waals surface area contributed by atoms with E-state index in [0.717, 1.165) is 12.8 Å². The van der Waals surface area contributed by atoms with Crippen LogP contribution < -0.4 is 0 Å². The molecule has 24 heavy (non-hydrogen) atoms. The molecule has 1 aromatic carbocycles. The van der Waals surface area contributed by atoms with Gasteiger partial charge in [0.15, 0.2) is 5.69 Å². The second kappa shape index (κ2) is 6.55. The minimum Gasteiger partial charge on any atom is -0.422 e. The van der Waals surface area contributed by atoms with E-state index in [1.807, 2.05) is 6.07 Å². The lowest BCUT2D eigenvalue weighted by Gasteiger charge is -2.28. The maximum absolute atomic E-state index is 12.8. The van der Waals surface area contributed by atoms with Crippen LogP contribution in [0.2, 0.25) is 5.02 Å². The molecule has 1 saturated heterocycles. The van der Waals surface area contributed by atoms with Crippen molar-refractivity contribution in [2.45, 2.75) is 24.9 Å². The number of halogens is 1. The van der Waals surface area contributed by atoms with Crippen LogP contribution in [0.15, 0.2) is 33.8 Å². The molecule has 3 rings (SSSR count). The van der Waals surface area contributed by atoms with Crippen molar-refractivity contribution < 1.29 is 12.8 Å². The molecule has 2 aromatic rings. The minimum atomic E-state index is -3.87. The highest BCUT2D eigenvalue weighted by molar-refractivity contribution is 7.89. The van der Waals surface area contributed by atoms with Crippen LogP contribution in [0.25, 0.3) is 11.5 Å². The van der Waals surface area contributed by atoms with E-state index in [-0.39, 0.29) is 16.7 Å². The van der Waals surface area contributed by atoms with Gasteiger partial charge in [-0.2, -0.15) is 14.6 Å². The topological polar surface area (TPSA) is 87.2 Å². The Bertz CT molecular complexity index is 876. The standard InChI is InChI=1S/C16H16ClN3O3S/c1-11-6-8-20(9-7-11)24(21,22)16-14(10-18)19-15(23-16)12-2-4-13(17)5-3-12/h2-5,11H,6-9H2,1H3. The third-order valence-electron chi connectivity index (χ3n) is 4.11. The van der Waals surface area contributed by atoms with Gasteiger partial charge in [0, 0.05) is 23.7 Å². The van der Waals surface area contributed by atoms with Gasteiger partial charge in [-0.3, -0.25) is 0 Å². The van der Waals surface area contributed by atoms with E-state index in [1.165, 1.54) is 4.31 Å². The summed E-state index contributed by atoms with van der Waals surface area (Å²) in [4.78, 5) is 4.03. The van der Waals surface area contributed by atoms with Gasteiger partial charge in [-0.25, -0.2) is 8.42 Å². The van der Waals surface area contributed by atoms with E-state index in [9.17, 15) is 13.7 Å². The van der Waals surface area contributed by atoms with E-state index in [4.69, 9.17) is 16.0 Å². The van der Waals surface area contributed by atoms with E-state index < -0.39 is 10.0 Å². The molecular formula is C16H16ClN3O3S. The van der Waals surface area contributed by atoms with Crippen LogP contribution in [-0.2, 0) is 10.0 Å². The molecule has 0 spiro atoms. The number of aromatic nitrogens is 1. The molecule has 1 aliphatic heterocycles. The van der Waals surface area contributed by atoms with Gasteiger partial charge in [-0.1, -0.05) is 18.5 Å². The lowest BCUT2D eigenvalue weighted by molar-refractivity contribution is 0.281. The predicted molar refractivity (Wildman–Crippen MR) is 88.8 cm³/mol. The first-order chi connectivity index (χ1) is 11.4. The molecule has 0 N–H and O–H groups in total. The molecular weight excluding hydrogens is 350 g/mol. The van der Waals surface area contributed by atoms with Crippen molar-refractivity contribution in [1.29, 1.82) is 5.26 Å². The number of hydrogen-bond donors (Lipinski definition) is 0. The zero-order valence-corrected chi connectivity index (χ0v) is 14.6. The molecule has 0 bridgehead atoms. The van der Waals surface area contributed by atoms with Crippen molar-refractivity contribution in [3.63, 3.8) is 0 Å². The highest BCUT2D eigenvalue weighted by Gasteiger charge is 2.34. The summed E-state index contributed by atoms with van der Waals surface area (Å²) in [6.07, 6.45) is 1.58. The van der Waals surface area contributed by atoms with Crippen LogP contribution in [0, 0.1) is 17.2 Å². The van der Waals surface area contributed by atoms with Gasteiger partial charge >= 0.3 is 0 Å². The maximum Gasteiger partial charge on any atom is 0.279 e. The van der Waals surface area contributed by atoms with Gasteiger partial charge in [0.25, 0.3) is 15.1 Å². The number of benzene rings is 1. The highest BCUT2D eigenvalue weighted by atomic mass is 35.5. The highest BCUT2D eigenvalue weighted by Crippen LogP contribution is 2.30. The number of hydrogen-bond acceptors (Lipinski definition) is 5. The van der Waals surface area contributed by atoms with E-state index in [2.05, 4.69) is 11.9 Å². The molecule has 0 aliphatic carbocycles. The zero-order chi connectivity index (χ0) is 17.3. The van der Waals surface area contributed by atoms with Gasteiger partial charge < -0.3 is 4.42 Å². The Morgan fingerprint density at radius 2 is 1.92 bits per heavy atom. The van der Waals surface area contributed by atoms with Gasteiger partial charge in [0.2, 0.25) is 5.89 Å². The van der Waals surface area contributed by atoms with Gasteiger partial charge in [0.1, 0.15) is 6.07 Å². The fourth-order valence-electron chi connectivity index (χ4n) is 2.61. The van der Waals surface area contributed by atoms with Gasteiger partial charge in [-0.15, -0.1) is 0 Å². The van der Waals surface area contributed by atoms with Crippen LogP contribution in [0.3, 0.4) is 0 Å². The summed E-state index contributed by atoms with van der Waals surface area (Å²) in [7, 11) is -3.87. The smallest absolute Gasteiger partial charge is 0.279 e. The molecule has 2 heterocycles. The summed E-state index contributed by atoms with van der Waals surface area (Å²) in [5, 5.41) is 9.41. The van der Waals surface area contributed by atoms with Crippen LogP contribution in [0.5, 0.6) is 0 Å². The quantitative estimate of drug-likeness (QED) is 0.832. The molecule has 0 radical (unpaired) electrons. The molecule has 126 valence electrons. The van der Waals surface area contributed by atoms with E-state index in [0.29, 0.717) is 29.6 Å². The Kier molecular flexibility index (Phi) is 4.63. The van der Waals surface area contributed by atoms with Crippen molar-refractivity contribution >= 4 is 21.6 Å². The molecule has 1 fully saturated rings. The molecule has 0 amide bonds. The first-order valence-corrected chi connectivity index (χ1v) is 9.40. The number of sulfonamides is 1. The SMILES string of the molecule is CC1CCN(S(=O)(=O)c2oc(-c3ccc(Cl)cc3)nc2C#N)CC1. The lowest BCUT2D eigenvalue weighted by Crippen LogP contribution is -2.38. The average molecular weight is 366 g/mol. The van der Waals surface area contributed by atoms with Crippen LogP contribution in [-0.4, -0.2) is 30.8 Å². The summed E-state index contributed by atoms with van der Waals surface area (Å²) in [5.74, 6) is 0.582. The Hall–Kier alpha value is -1.88. The van der Waals surface area contributed by atoms with E-state index >= 15 is 0 Å². The summed E-state index contributed by atoms with van der Waals surface area (Å²) >= 11 is 5.84. The van der Waals surface area contributed by atoms with Crippen molar-refractivity contribution in [3.8, 4) is 17.5 Å². The number of oxazole rings is 1. The largest absolute Gasteiger partial charge is 0.422 e.